The average molecular weight is 342 g/mol. The molecule has 2 aromatic rings. The summed E-state index contributed by atoms with van der Waals surface area (Å²) in [5.74, 6) is 0.940. The van der Waals surface area contributed by atoms with Crippen LogP contribution in [0.5, 0.6) is 5.75 Å². The highest BCUT2D eigenvalue weighted by Crippen LogP contribution is 2.45. The Labute approximate surface area is 146 Å². The lowest BCUT2D eigenvalue weighted by atomic mass is 9.87. The normalized spacial score (nSPS) is 21.2. The molecule has 1 aliphatic rings. The molecule has 5 heteroatoms. The van der Waals surface area contributed by atoms with Crippen LogP contribution in [0.4, 0.5) is 0 Å². The average Bonchev–Trinajstić information content (AvgIpc) is 2.50. The first-order chi connectivity index (χ1) is 11.7. The second-order valence-corrected chi connectivity index (χ2v) is 7.03. The van der Waals surface area contributed by atoms with Crippen LogP contribution in [0.15, 0.2) is 57.5 Å². The summed E-state index contributed by atoms with van der Waals surface area (Å²) in [6.45, 7) is 11.3. The van der Waals surface area contributed by atoms with E-state index in [0.29, 0.717) is 22.7 Å². The summed E-state index contributed by atoms with van der Waals surface area (Å²) in [7, 11) is 0. The number of aliphatic hydroxyl groups excluding tert-OH is 1. The van der Waals surface area contributed by atoms with E-state index in [4.69, 9.17) is 13.9 Å². The topological polar surface area (TPSA) is 68.9 Å². The lowest BCUT2D eigenvalue weighted by Crippen LogP contribution is -2.49. The predicted octanol–water partition coefficient (Wildman–Crippen LogP) is 3.86. The molecule has 5 nitrogen and oxygen atoms in total. The van der Waals surface area contributed by atoms with Crippen molar-refractivity contribution in [3.05, 3.63) is 64.2 Å². The monoisotopic (exact) mass is 342 g/mol. The van der Waals surface area contributed by atoms with E-state index >= 15 is 0 Å². The second-order valence-electron chi connectivity index (χ2n) is 7.03. The first-order valence-corrected chi connectivity index (χ1v) is 8.13. The van der Waals surface area contributed by atoms with Gasteiger partial charge in [-0.05, 0) is 52.0 Å². The smallest absolute Gasteiger partial charge is 0.336 e. The van der Waals surface area contributed by atoms with Crippen LogP contribution < -0.4 is 10.4 Å². The highest BCUT2D eigenvalue weighted by molar-refractivity contribution is 5.83. The van der Waals surface area contributed by atoms with Crippen LogP contribution in [0.1, 0.15) is 39.4 Å². The standard InChI is InChI=1S/C20H22O5/c1-11(2)10-12(3)23-18-16-14(25-20(4,5)19(18)22)8-6-13-7-9-15(21)24-17(13)16/h6-10,18-19,22H,3H2,1-2,4-5H3. The number of rotatable bonds is 3. The van der Waals surface area contributed by atoms with Gasteiger partial charge < -0.3 is 19.0 Å². The van der Waals surface area contributed by atoms with E-state index in [-0.39, 0.29) is 0 Å². The molecule has 0 spiro atoms. The minimum atomic E-state index is -0.974. The molecule has 1 aromatic heterocycles. The molecule has 0 saturated heterocycles. The summed E-state index contributed by atoms with van der Waals surface area (Å²) in [6.07, 6.45) is 0.0467. The number of fused-ring (bicyclic) bond motifs is 3. The van der Waals surface area contributed by atoms with Crippen LogP contribution in [-0.2, 0) is 4.74 Å². The fourth-order valence-corrected chi connectivity index (χ4v) is 3.00. The van der Waals surface area contributed by atoms with Gasteiger partial charge in [0.25, 0.3) is 0 Å². The van der Waals surface area contributed by atoms with E-state index in [2.05, 4.69) is 6.58 Å². The summed E-state index contributed by atoms with van der Waals surface area (Å²) in [6, 6.07) is 6.64. The quantitative estimate of drug-likeness (QED) is 0.521. The first-order valence-electron chi connectivity index (χ1n) is 8.13. The maximum absolute atomic E-state index is 11.7. The molecule has 0 aliphatic carbocycles. The molecule has 0 saturated carbocycles. The van der Waals surface area contributed by atoms with E-state index in [0.717, 1.165) is 11.0 Å². The molecular weight excluding hydrogens is 320 g/mol. The molecule has 132 valence electrons. The molecule has 25 heavy (non-hydrogen) atoms. The van der Waals surface area contributed by atoms with E-state index in [1.165, 1.54) is 6.07 Å². The van der Waals surface area contributed by atoms with Crippen LogP contribution in [0.2, 0.25) is 0 Å². The van der Waals surface area contributed by atoms with Gasteiger partial charge in [0.2, 0.25) is 0 Å². The lowest BCUT2D eigenvalue weighted by Gasteiger charge is -2.41. The van der Waals surface area contributed by atoms with Gasteiger partial charge in [-0.3, -0.25) is 0 Å². The summed E-state index contributed by atoms with van der Waals surface area (Å²) < 4.78 is 17.3. The molecule has 2 atom stereocenters. The van der Waals surface area contributed by atoms with Crippen molar-refractivity contribution in [1.82, 2.24) is 0 Å². The summed E-state index contributed by atoms with van der Waals surface area (Å²) in [4.78, 5) is 11.7. The Bertz CT molecular complexity index is 915. The van der Waals surface area contributed by atoms with E-state index in [1.807, 2.05) is 19.9 Å². The van der Waals surface area contributed by atoms with E-state index in [9.17, 15) is 9.90 Å². The molecule has 0 bridgehead atoms. The SMILES string of the molecule is C=C(C=C(C)C)OC1c2c(ccc3ccc(=O)oc23)OC(C)(C)C1O. The zero-order valence-corrected chi connectivity index (χ0v) is 14.8. The molecule has 2 unspecified atom stereocenters. The zero-order valence-electron chi connectivity index (χ0n) is 14.8. The number of allylic oxidation sites excluding steroid dienone is 2. The highest BCUT2D eigenvalue weighted by Gasteiger charge is 2.46. The number of ether oxygens (including phenoxy) is 2. The third-order valence-corrected chi connectivity index (χ3v) is 4.17. The van der Waals surface area contributed by atoms with Gasteiger partial charge >= 0.3 is 5.63 Å². The van der Waals surface area contributed by atoms with Crippen LogP contribution in [-0.4, -0.2) is 16.8 Å². The van der Waals surface area contributed by atoms with Crippen LogP contribution in [0, 0.1) is 0 Å². The Balaban J connectivity index is 2.20. The Morgan fingerprint density at radius 1 is 1.28 bits per heavy atom. The Hall–Kier alpha value is -2.53. The van der Waals surface area contributed by atoms with Crippen molar-refractivity contribution in [2.75, 3.05) is 0 Å². The van der Waals surface area contributed by atoms with Gasteiger partial charge in [-0.2, -0.15) is 0 Å². The third-order valence-electron chi connectivity index (χ3n) is 4.17. The van der Waals surface area contributed by atoms with Gasteiger partial charge in [0.1, 0.15) is 28.8 Å². The van der Waals surface area contributed by atoms with Gasteiger partial charge in [-0.15, -0.1) is 0 Å². The number of hydrogen-bond acceptors (Lipinski definition) is 5. The summed E-state index contributed by atoms with van der Waals surface area (Å²) in [5, 5.41) is 11.6. The van der Waals surface area contributed by atoms with E-state index in [1.54, 1.807) is 32.1 Å². The molecule has 2 heterocycles. The minimum absolute atomic E-state index is 0.356. The number of aliphatic hydroxyl groups is 1. The van der Waals surface area contributed by atoms with Crippen LogP contribution in [0.3, 0.4) is 0 Å². The second kappa shape index (κ2) is 6.08. The largest absolute Gasteiger partial charge is 0.484 e. The zero-order chi connectivity index (χ0) is 18.4. The molecule has 1 N–H and O–H groups in total. The van der Waals surface area contributed by atoms with E-state index < -0.39 is 23.4 Å². The van der Waals surface area contributed by atoms with Gasteiger partial charge in [0.15, 0.2) is 6.10 Å². The number of hydrogen-bond donors (Lipinski definition) is 1. The molecule has 1 aromatic carbocycles. The molecular formula is C20H22O5. The van der Waals surface area contributed by atoms with Crippen molar-refractivity contribution >= 4 is 11.0 Å². The summed E-state index contributed by atoms with van der Waals surface area (Å²) in [5.41, 5.74) is 0.559. The maximum atomic E-state index is 11.7. The van der Waals surface area contributed by atoms with Crippen molar-refractivity contribution in [3.8, 4) is 5.75 Å². The van der Waals surface area contributed by atoms with Crippen molar-refractivity contribution in [2.45, 2.75) is 45.5 Å². The van der Waals surface area contributed by atoms with Crippen molar-refractivity contribution in [2.24, 2.45) is 0 Å². The lowest BCUT2D eigenvalue weighted by molar-refractivity contribution is -0.118. The Kier molecular flexibility index (Phi) is 4.21. The fraction of sp³-hybridized carbons (Fsp3) is 0.350. The first kappa shape index (κ1) is 17.3. The molecule has 0 amide bonds. The fourth-order valence-electron chi connectivity index (χ4n) is 3.00. The van der Waals surface area contributed by atoms with Crippen LogP contribution in [0.25, 0.3) is 11.0 Å². The van der Waals surface area contributed by atoms with Gasteiger partial charge in [0, 0.05) is 11.5 Å². The molecule has 0 radical (unpaired) electrons. The molecule has 1 aliphatic heterocycles. The Morgan fingerprint density at radius 2 is 1.96 bits per heavy atom. The number of benzene rings is 1. The minimum Gasteiger partial charge on any atom is -0.484 e. The maximum Gasteiger partial charge on any atom is 0.336 e. The third kappa shape index (κ3) is 3.20. The van der Waals surface area contributed by atoms with Crippen molar-refractivity contribution < 1.29 is 19.0 Å². The highest BCUT2D eigenvalue weighted by atomic mass is 16.5. The van der Waals surface area contributed by atoms with Gasteiger partial charge in [0.05, 0.1) is 5.56 Å². The van der Waals surface area contributed by atoms with Gasteiger partial charge in [-0.25, -0.2) is 4.79 Å². The van der Waals surface area contributed by atoms with Crippen molar-refractivity contribution in [3.63, 3.8) is 0 Å². The predicted molar refractivity (Wildman–Crippen MR) is 95.6 cm³/mol. The summed E-state index contributed by atoms with van der Waals surface area (Å²) >= 11 is 0. The van der Waals surface area contributed by atoms with Crippen LogP contribution >= 0.6 is 0 Å². The molecule has 0 fully saturated rings. The Morgan fingerprint density at radius 3 is 2.64 bits per heavy atom. The van der Waals surface area contributed by atoms with Gasteiger partial charge in [-0.1, -0.05) is 12.2 Å². The van der Waals surface area contributed by atoms with Crippen molar-refractivity contribution in [1.29, 1.82) is 0 Å². The molecule has 3 rings (SSSR count).